The molecule has 5 nitrogen and oxygen atoms in total. The van der Waals surface area contributed by atoms with E-state index in [0.29, 0.717) is 17.7 Å². The Hall–Kier alpha value is -4.22. The minimum absolute atomic E-state index is 0.217. The van der Waals surface area contributed by atoms with Gasteiger partial charge < -0.3 is 14.2 Å². The lowest BCUT2D eigenvalue weighted by Gasteiger charge is -2.53. The highest BCUT2D eigenvalue weighted by atomic mass is 16.6. The molecule has 0 heterocycles. The van der Waals surface area contributed by atoms with E-state index in [-0.39, 0.29) is 5.92 Å². The molecule has 4 aromatic rings. The van der Waals surface area contributed by atoms with Gasteiger partial charge in [-0.3, -0.25) is 0 Å². The maximum Gasteiger partial charge on any atom is 0.338 e. The van der Waals surface area contributed by atoms with Crippen molar-refractivity contribution in [1.29, 1.82) is 0 Å². The highest BCUT2D eigenvalue weighted by Crippen LogP contribution is 2.53. The Bertz CT molecular complexity index is 1550. The minimum atomic E-state index is -1.12. The number of hydrogen-bond acceptors (Lipinski definition) is 5. The van der Waals surface area contributed by atoms with Crippen LogP contribution in [0, 0.1) is 12.8 Å². The van der Waals surface area contributed by atoms with Gasteiger partial charge in [-0.05, 0) is 73.2 Å². The molecular weight excluding hydrogens is 524 g/mol. The molecule has 4 aromatic carbocycles. The van der Waals surface area contributed by atoms with Crippen LogP contribution in [0.5, 0.6) is 0 Å². The number of ether oxygens (including phenoxy) is 3. The van der Waals surface area contributed by atoms with Gasteiger partial charge in [0.05, 0.1) is 23.1 Å². The van der Waals surface area contributed by atoms with Crippen LogP contribution in [0.3, 0.4) is 0 Å². The molecule has 4 atom stereocenters. The van der Waals surface area contributed by atoms with Crippen molar-refractivity contribution in [2.24, 2.45) is 5.92 Å². The van der Waals surface area contributed by atoms with E-state index in [1.54, 1.807) is 48.5 Å². The molecule has 5 rings (SSSR count). The van der Waals surface area contributed by atoms with Crippen molar-refractivity contribution in [3.63, 3.8) is 0 Å². The number of carbonyl (C=O) groups excluding carboxylic acids is 2. The van der Waals surface area contributed by atoms with E-state index in [9.17, 15) is 9.59 Å². The van der Waals surface area contributed by atoms with Crippen LogP contribution >= 0.6 is 0 Å². The fourth-order valence-electron chi connectivity index (χ4n) is 6.09. The lowest BCUT2D eigenvalue weighted by molar-refractivity contribution is -0.183. The van der Waals surface area contributed by atoms with E-state index in [4.69, 9.17) is 14.2 Å². The van der Waals surface area contributed by atoms with Crippen LogP contribution in [0.4, 0.5) is 0 Å². The predicted octanol–water partition coefficient (Wildman–Crippen LogP) is 7.65. The average Bonchev–Trinajstić information content (AvgIpc) is 3.01. The third-order valence-electron chi connectivity index (χ3n) is 8.32. The number of benzene rings is 4. The molecule has 216 valence electrons. The van der Waals surface area contributed by atoms with E-state index in [1.807, 2.05) is 62.4 Å². The SMILES string of the molecule is Cc1ccccc1[C@]1(C)c2ccccc2[C@@](C)(OCC(C)C)C(OC(=O)c2ccccc2)C1OC(=O)c1ccccc1. The van der Waals surface area contributed by atoms with Crippen LogP contribution < -0.4 is 0 Å². The number of rotatable bonds is 8. The quantitative estimate of drug-likeness (QED) is 0.206. The number of esters is 2. The summed E-state index contributed by atoms with van der Waals surface area (Å²) in [5, 5.41) is 0. The van der Waals surface area contributed by atoms with Gasteiger partial charge in [-0.1, -0.05) is 98.8 Å². The Morgan fingerprint density at radius 1 is 0.643 bits per heavy atom. The molecule has 0 amide bonds. The predicted molar refractivity (Wildman–Crippen MR) is 164 cm³/mol. The largest absolute Gasteiger partial charge is 0.453 e. The number of aryl methyl sites for hydroxylation is 1. The Labute approximate surface area is 248 Å². The molecule has 0 aromatic heterocycles. The van der Waals surface area contributed by atoms with E-state index < -0.39 is 35.2 Å². The van der Waals surface area contributed by atoms with Crippen molar-refractivity contribution in [2.75, 3.05) is 6.61 Å². The molecule has 0 saturated carbocycles. The molecule has 1 aliphatic rings. The number of fused-ring (bicyclic) bond motifs is 1. The highest BCUT2D eigenvalue weighted by molar-refractivity contribution is 5.90. The fraction of sp³-hybridized carbons (Fsp3) is 0.297. The summed E-state index contributed by atoms with van der Waals surface area (Å²) in [5.74, 6) is -0.784. The van der Waals surface area contributed by atoms with Crippen molar-refractivity contribution in [3.05, 3.63) is 143 Å². The normalized spacial score (nSPS) is 23.2. The van der Waals surface area contributed by atoms with Crippen LogP contribution in [0.15, 0.2) is 109 Å². The summed E-state index contributed by atoms with van der Waals surface area (Å²) in [6, 6.07) is 33.9. The third kappa shape index (κ3) is 5.37. The van der Waals surface area contributed by atoms with E-state index in [1.165, 1.54) is 0 Å². The van der Waals surface area contributed by atoms with Crippen molar-refractivity contribution in [1.82, 2.24) is 0 Å². The van der Waals surface area contributed by atoms with E-state index in [0.717, 1.165) is 22.3 Å². The summed E-state index contributed by atoms with van der Waals surface area (Å²) in [7, 11) is 0. The van der Waals surface area contributed by atoms with Crippen LogP contribution in [0.2, 0.25) is 0 Å². The van der Waals surface area contributed by atoms with Crippen molar-refractivity contribution in [2.45, 2.75) is 57.8 Å². The van der Waals surface area contributed by atoms with E-state index in [2.05, 4.69) is 32.9 Å². The number of carbonyl (C=O) groups is 2. The van der Waals surface area contributed by atoms with Gasteiger partial charge in [-0.25, -0.2) is 9.59 Å². The van der Waals surface area contributed by atoms with Crippen LogP contribution in [0.25, 0.3) is 0 Å². The van der Waals surface area contributed by atoms with Gasteiger partial charge >= 0.3 is 11.9 Å². The third-order valence-corrected chi connectivity index (χ3v) is 8.32. The molecule has 0 spiro atoms. The maximum atomic E-state index is 13.8. The molecule has 0 bridgehead atoms. The van der Waals surface area contributed by atoms with Crippen molar-refractivity contribution in [3.8, 4) is 0 Å². The number of hydrogen-bond donors (Lipinski definition) is 0. The van der Waals surface area contributed by atoms with Gasteiger partial charge in [0.1, 0.15) is 5.60 Å². The molecule has 0 aliphatic heterocycles. The Morgan fingerprint density at radius 3 is 1.62 bits per heavy atom. The zero-order valence-corrected chi connectivity index (χ0v) is 24.9. The zero-order chi connectivity index (χ0) is 29.9. The summed E-state index contributed by atoms with van der Waals surface area (Å²) in [6.07, 6.45) is -1.90. The average molecular weight is 563 g/mol. The lowest BCUT2D eigenvalue weighted by atomic mass is 9.59. The van der Waals surface area contributed by atoms with Crippen LogP contribution in [-0.4, -0.2) is 30.8 Å². The Morgan fingerprint density at radius 2 is 1.10 bits per heavy atom. The van der Waals surface area contributed by atoms with Crippen LogP contribution in [0.1, 0.15) is 70.7 Å². The minimum Gasteiger partial charge on any atom is -0.453 e. The first-order chi connectivity index (χ1) is 20.2. The first-order valence-electron chi connectivity index (χ1n) is 14.5. The Balaban J connectivity index is 1.76. The van der Waals surface area contributed by atoms with Gasteiger partial charge in [-0.15, -0.1) is 0 Å². The summed E-state index contributed by atoms with van der Waals surface area (Å²) >= 11 is 0. The standard InChI is InChI=1S/C37H38O5/c1-25(2)24-40-37(5)31-23-15-14-22-30(31)36(4,29-21-13-12-16-26(29)3)32(41-34(38)27-17-8-6-9-18-27)33(37)42-35(39)28-19-10-7-11-20-28/h6-23,25,32-33H,24H2,1-5H3/t32?,33?,36-,37-/m1/s1. The second-order valence-electron chi connectivity index (χ2n) is 11.8. The molecule has 0 fully saturated rings. The van der Waals surface area contributed by atoms with Gasteiger partial charge in [-0.2, -0.15) is 0 Å². The van der Waals surface area contributed by atoms with E-state index >= 15 is 0 Å². The summed E-state index contributed by atoms with van der Waals surface area (Å²) in [4.78, 5) is 27.6. The second kappa shape index (κ2) is 11.9. The Kier molecular flexibility index (Phi) is 8.33. The van der Waals surface area contributed by atoms with Crippen LogP contribution in [-0.2, 0) is 25.2 Å². The molecular formula is C37H38O5. The molecule has 0 saturated heterocycles. The van der Waals surface area contributed by atoms with Gasteiger partial charge in [0.2, 0.25) is 0 Å². The molecule has 0 radical (unpaired) electrons. The smallest absolute Gasteiger partial charge is 0.338 e. The molecule has 1 aliphatic carbocycles. The second-order valence-corrected chi connectivity index (χ2v) is 11.8. The molecule has 5 heteroatoms. The first-order valence-corrected chi connectivity index (χ1v) is 14.5. The monoisotopic (exact) mass is 562 g/mol. The summed E-state index contributed by atoms with van der Waals surface area (Å²) in [5.41, 5.74) is 2.71. The summed E-state index contributed by atoms with van der Waals surface area (Å²) in [6.45, 7) is 10.6. The molecule has 0 N–H and O–H groups in total. The molecule has 2 unspecified atom stereocenters. The summed E-state index contributed by atoms with van der Waals surface area (Å²) < 4.78 is 19.7. The van der Waals surface area contributed by atoms with Crippen molar-refractivity contribution < 1.29 is 23.8 Å². The lowest BCUT2D eigenvalue weighted by Crippen LogP contribution is -2.62. The van der Waals surface area contributed by atoms with Crippen molar-refractivity contribution >= 4 is 11.9 Å². The topological polar surface area (TPSA) is 61.8 Å². The fourth-order valence-corrected chi connectivity index (χ4v) is 6.09. The zero-order valence-electron chi connectivity index (χ0n) is 24.9. The van der Waals surface area contributed by atoms with Gasteiger partial charge in [0.15, 0.2) is 12.2 Å². The highest BCUT2D eigenvalue weighted by Gasteiger charge is 2.60. The van der Waals surface area contributed by atoms with Gasteiger partial charge in [0, 0.05) is 0 Å². The molecule has 42 heavy (non-hydrogen) atoms. The maximum absolute atomic E-state index is 13.8. The van der Waals surface area contributed by atoms with Gasteiger partial charge in [0.25, 0.3) is 0 Å². The first kappa shape index (κ1) is 29.3.